The summed E-state index contributed by atoms with van der Waals surface area (Å²) in [6, 6.07) is 10.1. The molecule has 0 amide bonds. The number of amidine groups is 1. The number of hydrogen-bond donors (Lipinski definition) is 2. The summed E-state index contributed by atoms with van der Waals surface area (Å²) in [6.07, 6.45) is 1.59. The molecule has 0 bridgehead atoms. The molecule has 20 heavy (non-hydrogen) atoms. The van der Waals surface area contributed by atoms with Crippen molar-refractivity contribution in [1.82, 2.24) is 4.98 Å². The molecular formula is C15H17FN4. The lowest BCUT2D eigenvalue weighted by molar-refractivity contribution is 0.585. The minimum Gasteiger partial charge on any atom is -0.382 e. The number of hydrogen-bond acceptors (Lipinski definition) is 3. The third-order valence-corrected chi connectivity index (χ3v) is 3.36. The van der Waals surface area contributed by atoms with Crippen LogP contribution in [0.3, 0.4) is 0 Å². The van der Waals surface area contributed by atoms with Gasteiger partial charge in [-0.05, 0) is 25.1 Å². The van der Waals surface area contributed by atoms with Gasteiger partial charge in [-0.25, -0.2) is 4.39 Å². The first-order valence-corrected chi connectivity index (χ1v) is 6.29. The lowest BCUT2D eigenvalue weighted by Gasteiger charge is -2.28. The van der Waals surface area contributed by atoms with Crippen molar-refractivity contribution >= 4 is 11.5 Å². The topological polar surface area (TPSA) is 66.0 Å². The highest BCUT2D eigenvalue weighted by molar-refractivity contribution is 5.98. The van der Waals surface area contributed by atoms with Gasteiger partial charge in [0.05, 0.1) is 11.7 Å². The number of rotatable bonds is 4. The molecule has 0 aliphatic rings. The highest BCUT2D eigenvalue weighted by atomic mass is 19.1. The van der Waals surface area contributed by atoms with Crippen LogP contribution < -0.4 is 10.6 Å². The van der Waals surface area contributed by atoms with Crippen molar-refractivity contribution in [2.24, 2.45) is 5.73 Å². The average molecular weight is 272 g/mol. The Balaban J connectivity index is 2.39. The monoisotopic (exact) mass is 272 g/mol. The van der Waals surface area contributed by atoms with E-state index in [1.165, 1.54) is 6.07 Å². The van der Waals surface area contributed by atoms with Gasteiger partial charge in [-0.3, -0.25) is 10.4 Å². The Labute approximate surface area is 117 Å². The molecular weight excluding hydrogens is 255 g/mol. The highest BCUT2D eigenvalue weighted by Gasteiger charge is 2.19. The van der Waals surface area contributed by atoms with E-state index in [1.54, 1.807) is 30.5 Å². The van der Waals surface area contributed by atoms with Crippen molar-refractivity contribution in [3.8, 4) is 0 Å². The van der Waals surface area contributed by atoms with Gasteiger partial charge in [0.15, 0.2) is 0 Å². The van der Waals surface area contributed by atoms with Crippen LogP contribution in [0.2, 0.25) is 0 Å². The Morgan fingerprint density at radius 3 is 2.65 bits per heavy atom. The molecule has 0 radical (unpaired) electrons. The van der Waals surface area contributed by atoms with E-state index in [9.17, 15) is 4.39 Å². The molecule has 0 fully saturated rings. The van der Waals surface area contributed by atoms with Gasteiger partial charge in [0.1, 0.15) is 17.3 Å². The molecule has 0 spiro atoms. The summed E-state index contributed by atoms with van der Waals surface area (Å²) < 4.78 is 13.9. The van der Waals surface area contributed by atoms with E-state index < -0.39 is 0 Å². The molecule has 1 heterocycles. The van der Waals surface area contributed by atoms with Gasteiger partial charge in [0, 0.05) is 18.8 Å². The maximum absolute atomic E-state index is 13.9. The van der Waals surface area contributed by atoms with Crippen LogP contribution in [0.25, 0.3) is 0 Å². The van der Waals surface area contributed by atoms with E-state index in [2.05, 4.69) is 4.98 Å². The first-order valence-electron chi connectivity index (χ1n) is 6.29. The summed E-state index contributed by atoms with van der Waals surface area (Å²) in [4.78, 5) is 5.98. The van der Waals surface area contributed by atoms with Gasteiger partial charge in [-0.2, -0.15) is 0 Å². The first-order chi connectivity index (χ1) is 9.52. The summed E-state index contributed by atoms with van der Waals surface area (Å²) in [7, 11) is 1.83. The van der Waals surface area contributed by atoms with Crippen LogP contribution in [0.1, 0.15) is 24.2 Å². The summed E-state index contributed by atoms with van der Waals surface area (Å²) >= 11 is 0. The van der Waals surface area contributed by atoms with Crippen LogP contribution in [0.4, 0.5) is 10.1 Å². The molecule has 1 unspecified atom stereocenters. The van der Waals surface area contributed by atoms with Crippen molar-refractivity contribution in [3.05, 3.63) is 59.7 Å². The van der Waals surface area contributed by atoms with Crippen LogP contribution in [0, 0.1) is 11.2 Å². The number of benzene rings is 1. The molecule has 1 aromatic carbocycles. The number of nitrogens with one attached hydrogen (secondary N) is 1. The summed E-state index contributed by atoms with van der Waals surface area (Å²) in [6.45, 7) is 1.90. The third-order valence-electron chi connectivity index (χ3n) is 3.36. The predicted octanol–water partition coefficient (Wildman–Crippen LogP) is 2.70. The van der Waals surface area contributed by atoms with E-state index in [4.69, 9.17) is 11.1 Å². The van der Waals surface area contributed by atoms with Crippen LogP contribution in [0.15, 0.2) is 42.6 Å². The molecule has 3 N–H and O–H groups in total. The second-order valence-corrected chi connectivity index (χ2v) is 4.59. The third kappa shape index (κ3) is 2.61. The van der Waals surface area contributed by atoms with Gasteiger partial charge in [-0.15, -0.1) is 0 Å². The smallest absolute Gasteiger partial charge is 0.143 e. The van der Waals surface area contributed by atoms with Gasteiger partial charge >= 0.3 is 0 Å². The van der Waals surface area contributed by atoms with Crippen LogP contribution in [-0.2, 0) is 0 Å². The fraction of sp³-hybridized carbons (Fsp3) is 0.200. The van der Waals surface area contributed by atoms with Gasteiger partial charge in [-0.1, -0.05) is 18.2 Å². The van der Waals surface area contributed by atoms with Gasteiger partial charge in [0.2, 0.25) is 0 Å². The zero-order valence-electron chi connectivity index (χ0n) is 11.5. The van der Waals surface area contributed by atoms with E-state index in [0.29, 0.717) is 16.9 Å². The van der Waals surface area contributed by atoms with Gasteiger partial charge in [0.25, 0.3) is 0 Å². The van der Waals surface area contributed by atoms with E-state index in [0.717, 1.165) is 0 Å². The molecule has 1 aromatic heterocycles. The average Bonchev–Trinajstić information content (AvgIpc) is 2.46. The molecule has 1 atom stereocenters. The molecule has 0 aliphatic heterocycles. The van der Waals surface area contributed by atoms with Crippen molar-refractivity contribution in [2.75, 3.05) is 11.9 Å². The van der Waals surface area contributed by atoms with Crippen molar-refractivity contribution < 1.29 is 4.39 Å². The highest BCUT2D eigenvalue weighted by Crippen LogP contribution is 2.28. The van der Waals surface area contributed by atoms with Crippen molar-refractivity contribution in [1.29, 1.82) is 5.41 Å². The van der Waals surface area contributed by atoms with Gasteiger partial charge < -0.3 is 10.6 Å². The summed E-state index contributed by atoms with van der Waals surface area (Å²) in [5.41, 5.74) is 7.24. The minimum absolute atomic E-state index is 0.104. The number of nitrogens with zero attached hydrogens (tertiary/aromatic N) is 2. The predicted molar refractivity (Wildman–Crippen MR) is 78.5 cm³/mol. The molecule has 0 saturated heterocycles. The van der Waals surface area contributed by atoms with Crippen molar-refractivity contribution in [2.45, 2.75) is 13.0 Å². The number of halogens is 1. The number of pyridine rings is 1. The summed E-state index contributed by atoms with van der Waals surface area (Å²) in [5.74, 6) is -0.353. The standard InChI is InChI=1S/C15H17FN4/c1-10(11-6-3-4-7-12(11)16)20(2)13-8-5-9-19-14(13)15(17)18/h3-10H,1-2H3,(H3,17,18). The Morgan fingerprint density at radius 2 is 2.00 bits per heavy atom. The maximum Gasteiger partial charge on any atom is 0.143 e. The molecule has 5 heteroatoms. The van der Waals surface area contributed by atoms with Crippen LogP contribution >= 0.6 is 0 Å². The van der Waals surface area contributed by atoms with Crippen molar-refractivity contribution in [3.63, 3.8) is 0 Å². The summed E-state index contributed by atoms with van der Waals surface area (Å²) in [5, 5.41) is 7.57. The zero-order valence-corrected chi connectivity index (χ0v) is 11.5. The molecule has 104 valence electrons. The fourth-order valence-electron chi connectivity index (χ4n) is 2.12. The lowest BCUT2D eigenvalue weighted by atomic mass is 10.1. The molecule has 2 rings (SSSR count). The number of nitrogen functional groups attached to an aromatic ring is 1. The Morgan fingerprint density at radius 1 is 1.30 bits per heavy atom. The molecule has 0 saturated carbocycles. The fourth-order valence-corrected chi connectivity index (χ4v) is 2.12. The minimum atomic E-state index is -0.250. The normalized spacial score (nSPS) is 11.9. The largest absolute Gasteiger partial charge is 0.382 e. The zero-order chi connectivity index (χ0) is 14.7. The SMILES string of the molecule is CC(c1ccccc1F)N(C)c1cccnc1C(=N)N. The number of aromatic nitrogens is 1. The van der Waals surface area contributed by atoms with Crippen LogP contribution in [-0.4, -0.2) is 17.9 Å². The molecule has 2 aromatic rings. The maximum atomic E-state index is 13.9. The molecule has 4 nitrogen and oxygen atoms in total. The van der Waals surface area contributed by atoms with E-state index in [-0.39, 0.29) is 17.7 Å². The van der Waals surface area contributed by atoms with E-state index >= 15 is 0 Å². The molecule has 0 aliphatic carbocycles. The van der Waals surface area contributed by atoms with Crippen LogP contribution in [0.5, 0.6) is 0 Å². The second kappa shape index (κ2) is 5.69. The number of anilines is 1. The quantitative estimate of drug-likeness (QED) is 0.664. The second-order valence-electron chi connectivity index (χ2n) is 4.59. The Bertz CT molecular complexity index is 627. The number of nitrogens with two attached hydrogens (primary N) is 1. The van der Waals surface area contributed by atoms with E-state index in [1.807, 2.05) is 24.9 Å². The lowest BCUT2D eigenvalue weighted by Crippen LogP contribution is -2.26. The first kappa shape index (κ1) is 14.0. The Hall–Kier alpha value is -2.43. The Kier molecular flexibility index (Phi) is 3.98.